The van der Waals surface area contributed by atoms with Crippen LogP contribution in [0.15, 0.2) is 53.0 Å². The lowest BCUT2D eigenvalue weighted by Crippen LogP contribution is -2.14. The fraction of sp³-hybridized carbons (Fsp3) is 0.333. The largest absolute Gasteiger partial charge is 0.325 e. The van der Waals surface area contributed by atoms with Crippen LogP contribution in [0.5, 0.6) is 0 Å². The molecule has 3 aromatic heterocycles. The van der Waals surface area contributed by atoms with Crippen LogP contribution in [0.25, 0.3) is 32.2 Å². The van der Waals surface area contributed by atoms with Gasteiger partial charge in [-0.2, -0.15) is 0 Å². The lowest BCUT2D eigenvalue weighted by molar-refractivity contribution is -0.113. The number of aromatic nitrogens is 4. The van der Waals surface area contributed by atoms with Crippen molar-refractivity contribution in [2.75, 3.05) is 11.1 Å². The molecule has 200 valence electrons. The number of thiophene rings is 1. The van der Waals surface area contributed by atoms with E-state index < -0.39 is 0 Å². The van der Waals surface area contributed by atoms with Crippen LogP contribution in [-0.2, 0) is 24.2 Å². The molecule has 3 heterocycles. The molecule has 1 atom stereocenters. The smallest absolute Gasteiger partial charge is 0.234 e. The van der Waals surface area contributed by atoms with Crippen LogP contribution in [0.4, 0.5) is 5.69 Å². The van der Waals surface area contributed by atoms with Crippen LogP contribution in [0, 0.1) is 12.8 Å². The molecule has 5 aromatic rings. The number of benzene rings is 2. The van der Waals surface area contributed by atoms with E-state index in [0.29, 0.717) is 0 Å². The predicted octanol–water partition coefficient (Wildman–Crippen LogP) is 7.86. The molecule has 2 aromatic carbocycles. The van der Waals surface area contributed by atoms with Gasteiger partial charge in [-0.25, -0.2) is 4.98 Å². The summed E-state index contributed by atoms with van der Waals surface area (Å²) < 4.78 is 3.37. The Morgan fingerprint density at radius 3 is 2.85 bits per heavy atom. The summed E-state index contributed by atoms with van der Waals surface area (Å²) >= 11 is 4.99. The van der Waals surface area contributed by atoms with Gasteiger partial charge in [0.2, 0.25) is 5.91 Å². The number of carbonyl (C=O) groups is 1. The highest BCUT2D eigenvalue weighted by Gasteiger charge is 2.24. The summed E-state index contributed by atoms with van der Waals surface area (Å²) in [5.41, 5.74) is 6.74. The molecule has 0 spiro atoms. The standard InChI is InChI=1S/C30H31N5OS3/c1-4-13-35-28(23-16-37-25-14-18(2)5-11-22(23)25)33-34-30(35)38-17-27(36)31-21-9-7-20(8-10-21)29-32-24-12-6-19(3)15-26(24)39-29/h6-10,12,15-16,18H,4-5,11,13-14,17H2,1-3H3,(H,31,36). The number of nitrogens with one attached hydrogen (secondary N) is 1. The molecule has 1 unspecified atom stereocenters. The molecule has 0 aliphatic heterocycles. The normalized spacial score (nSPS) is 15.0. The van der Waals surface area contributed by atoms with Gasteiger partial charge in [0.05, 0.1) is 16.0 Å². The van der Waals surface area contributed by atoms with Gasteiger partial charge < -0.3 is 9.88 Å². The Morgan fingerprint density at radius 2 is 2.03 bits per heavy atom. The third-order valence-electron chi connectivity index (χ3n) is 7.10. The molecule has 1 aliphatic rings. The van der Waals surface area contributed by atoms with E-state index in [1.54, 1.807) is 11.3 Å². The summed E-state index contributed by atoms with van der Waals surface area (Å²) in [5.74, 6) is 1.90. The number of nitrogens with zero attached hydrogens (tertiary/aromatic N) is 4. The fourth-order valence-corrected chi connectivity index (χ4v) is 8.14. The summed E-state index contributed by atoms with van der Waals surface area (Å²) in [6.45, 7) is 7.42. The molecule has 1 aliphatic carbocycles. The minimum absolute atomic E-state index is 0.0577. The monoisotopic (exact) mass is 573 g/mol. The van der Waals surface area contributed by atoms with Gasteiger partial charge in [-0.1, -0.05) is 31.7 Å². The van der Waals surface area contributed by atoms with E-state index >= 15 is 0 Å². The number of aryl methyl sites for hydroxylation is 1. The quantitative estimate of drug-likeness (QED) is 0.191. The number of anilines is 1. The Morgan fingerprint density at radius 1 is 1.18 bits per heavy atom. The van der Waals surface area contributed by atoms with Crippen molar-refractivity contribution in [2.24, 2.45) is 5.92 Å². The minimum atomic E-state index is -0.0577. The van der Waals surface area contributed by atoms with E-state index in [1.165, 1.54) is 44.5 Å². The molecule has 0 saturated carbocycles. The first kappa shape index (κ1) is 26.2. The zero-order chi connectivity index (χ0) is 26.9. The predicted molar refractivity (Wildman–Crippen MR) is 164 cm³/mol. The number of rotatable bonds is 8. The van der Waals surface area contributed by atoms with Crippen molar-refractivity contribution in [3.05, 3.63) is 63.8 Å². The lowest BCUT2D eigenvalue weighted by atomic mass is 9.88. The van der Waals surface area contributed by atoms with E-state index in [4.69, 9.17) is 4.98 Å². The molecule has 39 heavy (non-hydrogen) atoms. The van der Waals surface area contributed by atoms with Crippen LogP contribution in [0.3, 0.4) is 0 Å². The Hall–Kier alpha value is -3.01. The fourth-order valence-electron chi connectivity index (χ4n) is 5.06. The molecule has 1 amide bonds. The van der Waals surface area contributed by atoms with Crippen molar-refractivity contribution in [3.63, 3.8) is 0 Å². The Bertz CT molecular complexity index is 1630. The molecule has 0 bridgehead atoms. The third-order valence-corrected chi connectivity index (χ3v) is 10.2. The Balaban J connectivity index is 1.12. The molecular weight excluding hydrogens is 543 g/mol. The van der Waals surface area contributed by atoms with E-state index in [9.17, 15) is 4.79 Å². The van der Waals surface area contributed by atoms with Crippen LogP contribution in [0.2, 0.25) is 0 Å². The van der Waals surface area contributed by atoms with Crippen LogP contribution in [-0.4, -0.2) is 31.4 Å². The second kappa shape index (κ2) is 11.2. The first-order chi connectivity index (χ1) is 19.0. The lowest BCUT2D eigenvalue weighted by Gasteiger charge is -2.19. The average Bonchev–Trinajstić information content (AvgIpc) is 3.64. The van der Waals surface area contributed by atoms with Crippen molar-refractivity contribution in [3.8, 4) is 22.0 Å². The van der Waals surface area contributed by atoms with Gasteiger partial charge in [0.15, 0.2) is 11.0 Å². The summed E-state index contributed by atoms with van der Waals surface area (Å²) in [7, 11) is 0. The average molecular weight is 574 g/mol. The zero-order valence-electron chi connectivity index (χ0n) is 22.4. The first-order valence-corrected chi connectivity index (χ1v) is 16.1. The van der Waals surface area contributed by atoms with E-state index in [-0.39, 0.29) is 11.7 Å². The van der Waals surface area contributed by atoms with Gasteiger partial charge in [0.25, 0.3) is 0 Å². The molecule has 9 heteroatoms. The maximum Gasteiger partial charge on any atom is 0.234 e. The molecule has 6 rings (SSSR count). The van der Waals surface area contributed by atoms with Crippen molar-refractivity contribution in [1.29, 1.82) is 0 Å². The molecule has 0 fully saturated rings. The number of carbonyl (C=O) groups excluding carboxylic acids is 1. The summed E-state index contributed by atoms with van der Waals surface area (Å²) in [4.78, 5) is 19.1. The van der Waals surface area contributed by atoms with Crippen molar-refractivity contribution < 1.29 is 4.79 Å². The van der Waals surface area contributed by atoms with E-state index in [1.807, 2.05) is 35.6 Å². The van der Waals surface area contributed by atoms with Gasteiger partial charge in [0, 0.05) is 33.6 Å². The number of hydrogen-bond acceptors (Lipinski definition) is 7. The maximum absolute atomic E-state index is 12.8. The number of thiazole rings is 1. The summed E-state index contributed by atoms with van der Waals surface area (Å²) in [5, 5.41) is 16.1. The molecule has 1 N–H and O–H groups in total. The molecular formula is C30H31N5OS3. The van der Waals surface area contributed by atoms with Crippen molar-refractivity contribution in [2.45, 2.75) is 58.2 Å². The topological polar surface area (TPSA) is 72.7 Å². The zero-order valence-corrected chi connectivity index (χ0v) is 24.8. The second-order valence-electron chi connectivity index (χ2n) is 10.3. The van der Waals surface area contributed by atoms with E-state index in [2.05, 4.69) is 64.4 Å². The minimum Gasteiger partial charge on any atom is -0.325 e. The van der Waals surface area contributed by atoms with Crippen LogP contribution >= 0.6 is 34.4 Å². The number of thioether (sulfide) groups is 1. The van der Waals surface area contributed by atoms with E-state index in [0.717, 1.165) is 64.5 Å². The van der Waals surface area contributed by atoms with Gasteiger partial charge in [-0.15, -0.1) is 32.9 Å². The molecule has 0 saturated heterocycles. The highest BCUT2D eigenvalue weighted by molar-refractivity contribution is 7.99. The van der Waals surface area contributed by atoms with Crippen LogP contribution in [0.1, 0.15) is 42.7 Å². The van der Waals surface area contributed by atoms with Crippen LogP contribution < -0.4 is 5.32 Å². The van der Waals surface area contributed by atoms with Crippen molar-refractivity contribution in [1.82, 2.24) is 19.7 Å². The molecule has 6 nitrogen and oxygen atoms in total. The Labute approximate surface area is 240 Å². The second-order valence-corrected chi connectivity index (χ2v) is 13.2. The number of hydrogen-bond donors (Lipinski definition) is 1. The summed E-state index contributed by atoms with van der Waals surface area (Å²) in [6.07, 6.45) is 4.47. The van der Waals surface area contributed by atoms with Gasteiger partial charge in [0.1, 0.15) is 5.01 Å². The van der Waals surface area contributed by atoms with Gasteiger partial charge in [-0.3, -0.25) is 4.79 Å². The maximum atomic E-state index is 12.8. The number of fused-ring (bicyclic) bond motifs is 2. The number of amides is 1. The summed E-state index contributed by atoms with van der Waals surface area (Å²) in [6, 6.07) is 14.2. The van der Waals surface area contributed by atoms with Gasteiger partial charge in [-0.05, 0) is 86.1 Å². The molecule has 0 radical (unpaired) electrons. The third kappa shape index (κ3) is 5.53. The highest BCUT2D eigenvalue weighted by atomic mass is 32.2. The Kier molecular flexibility index (Phi) is 7.55. The van der Waals surface area contributed by atoms with Gasteiger partial charge >= 0.3 is 0 Å². The first-order valence-electron chi connectivity index (χ1n) is 13.4. The van der Waals surface area contributed by atoms with Crippen molar-refractivity contribution >= 4 is 56.2 Å². The highest BCUT2D eigenvalue weighted by Crippen LogP contribution is 2.38. The SMILES string of the molecule is CCCn1c(SCC(=O)Nc2ccc(-c3nc4ccc(C)cc4s3)cc2)nnc1-c1csc2c1CCC(C)C2.